The average molecular weight is 346 g/mol. The third kappa shape index (κ3) is 4.08. The second-order valence-electron chi connectivity index (χ2n) is 5.56. The highest BCUT2D eigenvalue weighted by Gasteiger charge is 2.15. The molecule has 1 saturated heterocycles. The van der Waals surface area contributed by atoms with Crippen molar-refractivity contribution in [3.05, 3.63) is 58.6 Å². The van der Waals surface area contributed by atoms with Gasteiger partial charge in [0.25, 0.3) is 0 Å². The summed E-state index contributed by atoms with van der Waals surface area (Å²) >= 11 is 3.45. The molecule has 0 spiro atoms. The standard InChI is InChI=1S/C18H20BrNO/c19-16-5-7-17(8-6-16)21-18-4-2-1-3-15(18)13-14-9-11-20-12-10-14/h1-8,14,20H,9-13H2. The lowest BCUT2D eigenvalue weighted by Crippen LogP contribution is -2.28. The summed E-state index contributed by atoms with van der Waals surface area (Å²) in [5.41, 5.74) is 1.31. The highest BCUT2D eigenvalue weighted by Crippen LogP contribution is 2.29. The first-order valence-corrected chi connectivity index (χ1v) is 8.32. The molecule has 0 bridgehead atoms. The molecule has 0 aliphatic carbocycles. The van der Waals surface area contributed by atoms with Crippen LogP contribution < -0.4 is 10.1 Å². The van der Waals surface area contributed by atoms with Gasteiger partial charge in [0.05, 0.1) is 0 Å². The van der Waals surface area contributed by atoms with E-state index >= 15 is 0 Å². The van der Waals surface area contributed by atoms with Crippen molar-refractivity contribution >= 4 is 15.9 Å². The molecule has 0 saturated carbocycles. The number of nitrogens with one attached hydrogen (secondary N) is 1. The van der Waals surface area contributed by atoms with Crippen LogP contribution in [0.3, 0.4) is 0 Å². The van der Waals surface area contributed by atoms with E-state index < -0.39 is 0 Å². The SMILES string of the molecule is Brc1ccc(Oc2ccccc2CC2CCNCC2)cc1. The van der Waals surface area contributed by atoms with Crippen molar-refractivity contribution in [1.82, 2.24) is 5.32 Å². The fourth-order valence-corrected chi connectivity index (χ4v) is 3.06. The lowest BCUT2D eigenvalue weighted by molar-refractivity contribution is 0.367. The molecule has 2 nitrogen and oxygen atoms in total. The summed E-state index contributed by atoms with van der Waals surface area (Å²) in [5, 5.41) is 3.42. The molecule has 0 radical (unpaired) electrons. The Morgan fingerprint density at radius 1 is 1.00 bits per heavy atom. The van der Waals surface area contributed by atoms with Crippen molar-refractivity contribution in [3.63, 3.8) is 0 Å². The number of hydrogen-bond acceptors (Lipinski definition) is 2. The van der Waals surface area contributed by atoms with Gasteiger partial charge in [0.1, 0.15) is 11.5 Å². The maximum atomic E-state index is 6.07. The summed E-state index contributed by atoms with van der Waals surface area (Å²) in [6, 6.07) is 16.4. The predicted molar refractivity (Wildman–Crippen MR) is 90.0 cm³/mol. The molecule has 0 aromatic heterocycles. The minimum atomic E-state index is 0.765. The number of hydrogen-bond donors (Lipinski definition) is 1. The topological polar surface area (TPSA) is 21.3 Å². The minimum Gasteiger partial charge on any atom is -0.457 e. The number of rotatable bonds is 4. The Morgan fingerprint density at radius 2 is 1.71 bits per heavy atom. The van der Waals surface area contributed by atoms with E-state index in [2.05, 4.69) is 39.4 Å². The molecule has 1 aliphatic rings. The zero-order chi connectivity index (χ0) is 14.5. The molecule has 21 heavy (non-hydrogen) atoms. The van der Waals surface area contributed by atoms with Gasteiger partial charge in [-0.3, -0.25) is 0 Å². The van der Waals surface area contributed by atoms with Gasteiger partial charge in [-0.25, -0.2) is 0 Å². The molecule has 3 rings (SSSR count). The molecule has 1 N–H and O–H groups in total. The van der Waals surface area contributed by atoms with Gasteiger partial charge in [0, 0.05) is 4.47 Å². The maximum absolute atomic E-state index is 6.07. The Hall–Kier alpha value is -1.32. The van der Waals surface area contributed by atoms with Gasteiger partial charge in [-0.1, -0.05) is 34.1 Å². The summed E-state index contributed by atoms with van der Waals surface area (Å²) in [6.07, 6.45) is 3.62. The fraction of sp³-hybridized carbons (Fsp3) is 0.333. The van der Waals surface area contributed by atoms with Gasteiger partial charge < -0.3 is 10.1 Å². The summed E-state index contributed by atoms with van der Waals surface area (Å²) < 4.78 is 7.14. The monoisotopic (exact) mass is 345 g/mol. The summed E-state index contributed by atoms with van der Waals surface area (Å²) in [4.78, 5) is 0. The van der Waals surface area contributed by atoms with Crippen LogP contribution in [0.1, 0.15) is 18.4 Å². The van der Waals surface area contributed by atoms with Gasteiger partial charge >= 0.3 is 0 Å². The van der Waals surface area contributed by atoms with Crippen LogP contribution in [0.2, 0.25) is 0 Å². The highest BCUT2D eigenvalue weighted by molar-refractivity contribution is 9.10. The van der Waals surface area contributed by atoms with Gasteiger partial charge in [-0.2, -0.15) is 0 Å². The number of ether oxygens (including phenoxy) is 1. The van der Waals surface area contributed by atoms with Crippen LogP contribution in [0.15, 0.2) is 53.0 Å². The van der Waals surface area contributed by atoms with Crippen molar-refractivity contribution in [2.24, 2.45) is 5.92 Å². The molecule has 3 heteroatoms. The molecule has 0 atom stereocenters. The second-order valence-corrected chi connectivity index (χ2v) is 6.48. The largest absolute Gasteiger partial charge is 0.457 e. The summed E-state index contributed by atoms with van der Waals surface area (Å²) in [7, 11) is 0. The third-order valence-electron chi connectivity index (χ3n) is 3.98. The van der Waals surface area contributed by atoms with Crippen LogP contribution in [0, 0.1) is 5.92 Å². The van der Waals surface area contributed by atoms with Crippen molar-refractivity contribution in [2.75, 3.05) is 13.1 Å². The molecule has 0 amide bonds. The average Bonchev–Trinajstić information content (AvgIpc) is 2.52. The van der Waals surface area contributed by atoms with Crippen molar-refractivity contribution < 1.29 is 4.74 Å². The van der Waals surface area contributed by atoms with Crippen LogP contribution in [0.4, 0.5) is 0 Å². The van der Waals surface area contributed by atoms with E-state index in [9.17, 15) is 0 Å². The molecule has 2 aromatic rings. The Morgan fingerprint density at radius 3 is 2.48 bits per heavy atom. The van der Waals surface area contributed by atoms with E-state index in [4.69, 9.17) is 4.74 Å². The molecule has 110 valence electrons. The minimum absolute atomic E-state index is 0.765. The highest BCUT2D eigenvalue weighted by atomic mass is 79.9. The molecular formula is C18H20BrNO. The number of halogens is 1. The van der Waals surface area contributed by atoms with E-state index in [1.54, 1.807) is 0 Å². The lowest BCUT2D eigenvalue weighted by atomic mass is 9.90. The first kappa shape index (κ1) is 14.6. The maximum Gasteiger partial charge on any atom is 0.130 e. The zero-order valence-corrected chi connectivity index (χ0v) is 13.6. The summed E-state index contributed by atoms with van der Waals surface area (Å²) in [5.74, 6) is 2.63. The van der Waals surface area contributed by atoms with E-state index in [0.717, 1.165) is 41.4 Å². The first-order chi connectivity index (χ1) is 10.3. The van der Waals surface area contributed by atoms with Gasteiger partial charge in [0.15, 0.2) is 0 Å². The quantitative estimate of drug-likeness (QED) is 0.860. The Kier molecular flexibility index (Phi) is 4.94. The van der Waals surface area contributed by atoms with E-state index in [1.807, 2.05) is 30.3 Å². The van der Waals surface area contributed by atoms with Gasteiger partial charge in [-0.05, 0) is 74.2 Å². The second kappa shape index (κ2) is 7.10. The molecule has 1 aliphatic heterocycles. The van der Waals surface area contributed by atoms with Crippen LogP contribution >= 0.6 is 15.9 Å². The number of para-hydroxylation sites is 1. The molecule has 0 unspecified atom stereocenters. The van der Waals surface area contributed by atoms with Gasteiger partial charge in [0.2, 0.25) is 0 Å². The number of piperidine rings is 1. The van der Waals surface area contributed by atoms with Crippen LogP contribution in [0.5, 0.6) is 11.5 Å². The normalized spacial score (nSPS) is 15.9. The van der Waals surface area contributed by atoms with Crippen LogP contribution in [-0.2, 0) is 6.42 Å². The number of benzene rings is 2. The van der Waals surface area contributed by atoms with Gasteiger partial charge in [-0.15, -0.1) is 0 Å². The van der Waals surface area contributed by atoms with E-state index in [-0.39, 0.29) is 0 Å². The lowest BCUT2D eigenvalue weighted by Gasteiger charge is -2.23. The molecular weight excluding hydrogens is 326 g/mol. The van der Waals surface area contributed by atoms with E-state index in [0.29, 0.717) is 0 Å². The van der Waals surface area contributed by atoms with Crippen molar-refractivity contribution in [3.8, 4) is 11.5 Å². The van der Waals surface area contributed by atoms with Crippen LogP contribution in [0.25, 0.3) is 0 Å². The van der Waals surface area contributed by atoms with Crippen molar-refractivity contribution in [1.29, 1.82) is 0 Å². The Balaban J connectivity index is 1.73. The molecule has 1 fully saturated rings. The van der Waals surface area contributed by atoms with Crippen LogP contribution in [-0.4, -0.2) is 13.1 Å². The Bertz CT molecular complexity index is 576. The predicted octanol–water partition coefficient (Wildman–Crippen LogP) is 4.78. The Labute approximate surface area is 134 Å². The van der Waals surface area contributed by atoms with Crippen molar-refractivity contribution in [2.45, 2.75) is 19.3 Å². The zero-order valence-electron chi connectivity index (χ0n) is 12.0. The summed E-state index contributed by atoms with van der Waals surface area (Å²) in [6.45, 7) is 2.28. The third-order valence-corrected chi connectivity index (χ3v) is 4.51. The smallest absolute Gasteiger partial charge is 0.130 e. The molecule has 1 heterocycles. The first-order valence-electron chi connectivity index (χ1n) is 7.53. The molecule has 2 aromatic carbocycles. The van der Waals surface area contributed by atoms with E-state index in [1.165, 1.54) is 18.4 Å². The fourth-order valence-electron chi connectivity index (χ4n) is 2.80.